The van der Waals surface area contributed by atoms with Crippen molar-refractivity contribution in [2.24, 2.45) is 0 Å². The number of hydrogen-bond donors (Lipinski definition) is 1. The number of methoxy groups -OCH3 is 1. The molecule has 1 amide bonds. The van der Waals surface area contributed by atoms with Gasteiger partial charge in [-0.2, -0.15) is 0 Å². The summed E-state index contributed by atoms with van der Waals surface area (Å²) in [4.78, 5) is 31.1. The van der Waals surface area contributed by atoms with Gasteiger partial charge in [-0.1, -0.05) is 11.8 Å². The average Bonchev–Trinajstić information content (AvgIpc) is 3.24. The predicted octanol–water partition coefficient (Wildman–Crippen LogP) is 4.92. The van der Waals surface area contributed by atoms with Crippen molar-refractivity contribution >= 4 is 40.4 Å². The minimum Gasteiger partial charge on any atom is -0.497 e. The molecule has 1 aliphatic rings. The van der Waals surface area contributed by atoms with Gasteiger partial charge >= 0.3 is 0 Å². The lowest BCUT2D eigenvalue weighted by molar-refractivity contribution is -0.387. The molecule has 0 saturated carbocycles. The van der Waals surface area contributed by atoms with Crippen LogP contribution in [0.25, 0.3) is 0 Å². The van der Waals surface area contributed by atoms with Crippen LogP contribution in [0, 0.1) is 17.0 Å². The van der Waals surface area contributed by atoms with Gasteiger partial charge in [-0.05, 0) is 56.2 Å². The number of piperidine rings is 1. The summed E-state index contributed by atoms with van der Waals surface area (Å²) < 4.78 is 5.94. The van der Waals surface area contributed by atoms with Gasteiger partial charge in [0.15, 0.2) is 4.34 Å². The van der Waals surface area contributed by atoms with Crippen LogP contribution in [0.5, 0.6) is 5.75 Å². The molecule has 33 heavy (non-hydrogen) atoms. The standard InChI is InChI=1S/C23H24N4O4S2/c1-15-14-32-23(24-15)33-21-8-3-16(13-20(21)27(29)30)22(28)25-17-9-11-26(12-10-17)18-4-6-19(31-2)7-5-18/h3-8,13-14,17H,9-12H2,1-2H3,(H,25,28). The summed E-state index contributed by atoms with van der Waals surface area (Å²) in [6.45, 7) is 3.52. The number of rotatable bonds is 7. The van der Waals surface area contributed by atoms with Crippen LogP contribution in [0.4, 0.5) is 11.4 Å². The van der Waals surface area contributed by atoms with Gasteiger partial charge in [-0.3, -0.25) is 14.9 Å². The molecular weight excluding hydrogens is 460 g/mol. The Morgan fingerprint density at radius 1 is 1.24 bits per heavy atom. The zero-order valence-corrected chi connectivity index (χ0v) is 19.9. The lowest BCUT2D eigenvalue weighted by Crippen LogP contribution is -2.44. The molecule has 1 N–H and O–H groups in total. The van der Waals surface area contributed by atoms with Crippen LogP contribution in [0.2, 0.25) is 0 Å². The average molecular weight is 485 g/mol. The molecule has 0 bridgehead atoms. The Labute approximate surface area is 200 Å². The van der Waals surface area contributed by atoms with E-state index >= 15 is 0 Å². The molecule has 1 aromatic heterocycles. The smallest absolute Gasteiger partial charge is 0.284 e. The van der Waals surface area contributed by atoms with Crippen molar-refractivity contribution in [3.05, 3.63) is 69.2 Å². The third kappa shape index (κ3) is 5.63. The number of aromatic nitrogens is 1. The molecule has 0 atom stereocenters. The first-order valence-electron chi connectivity index (χ1n) is 10.5. The van der Waals surface area contributed by atoms with Crippen molar-refractivity contribution in [2.45, 2.75) is 35.0 Å². The van der Waals surface area contributed by atoms with E-state index < -0.39 is 4.92 Å². The molecule has 0 spiro atoms. The second-order valence-corrected chi connectivity index (χ2v) is 9.88. The van der Waals surface area contributed by atoms with Crippen molar-refractivity contribution in [3.8, 4) is 5.75 Å². The number of anilines is 1. The van der Waals surface area contributed by atoms with Gasteiger partial charge in [0.05, 0.1) is 16.9 Å². The van der Waals surface area contributed by atoms with Crippen LogP contribution in [0.1, 0.15) is 28.9 Å². The van der Waals surface area contributed by atoms with Gasteiger partial charge in [-0.15, -0.1) is 11.3 Å². The first-order valence-corrected chi connectivity index (χ1v) is 12.2. The molecule has 1 fully saturated rings. The van der Waals surface area contributed by atoms with Gasteiger partial charge in [0.25, 0.3) is 11.6 Å². The summed E-state index contributed by atoms with van der Waals surface area (Å²) in [6.07, 6.45) is 1.61. The normalized spacial score (nSPS) is 14.2. The monoisotopic (exact) mass is 484 g/mol. The van der Waals surface area contributed by atoms with Gasteiger partial charge in [-0.25, -0.2) is 4.98 Å². The third-order valence-electron chi connectivity index (χ3n) is 5.48. The molecule has 1 aliphatic heterocycles. The number of nitro groups is 1. The number of amides is 1. The fourth-order valence-electron chi connectivity index (χ4n) is 3.70. The van der Waals surface area contributed by atoms with Gasteiger partial charge in [0.1, 0.15) is 5.75 Å². The maximum absolute atomic E-state index is 12.8. The molecule has 0 radical (unpaired) electrons. The van der Waals surface area contributed by atoms with Crippen LogP contribution in [0.3, 0.4) is 0 Å². The van der Waals surface area contributed by atoms with Crippen molar-refractivity contribution < 1.29 is 14.5 Å². The van der Waals surface area contributed by atoms with Gasteiger partial charge in [0.2, 0.25) is 0 Å². The van der Waals surface area contributed by atoms with E-state index in [0.717, 1.165) is 47.4 Å². The first kappa shape index (κ1) is 23.1. The Kier molecular flexibility index (Phi) is 7.14. The lowest BCUT2D eigenvalue weighted by atomic mass is 10.0. The number of nitrogens with zero attached hydrogens (tertiary/aromatic N) is 3. The molecule has 1 saturated heterocycles. The number of nitro benzene ring substituents is 1. The molecule has 2 aromatic carbocycles. The Hall–Kier alpha value is -3.11. The highest BCUT2D eigenvalue weighted by Crippen LogP contribution is 2.36. The summed E-state index contributed by atoms with van der Waals surface area (Å²) in [5.74, 6) is 0.531. The largest absolute Gasteiger partial charge is 0.497 e. The molecule has 2 heterocycles. The maximum Gasteiger partial charge on any atom is 0.284 e. The van der Waals surface area contributed by atoms with E-state index in [9.17, 15) is 14.9 Å². The minimum atomic E-state index is -0.451. The molecule has 3 aromatic rings. The van der Waals surface area contributed by atoms with Crippen LogP contribution in [0.15, 0.2) is 57.1 Å². The fourth-order valence-corrected chi connectivity index (χ4v) is 5.58. The molecule has 0 aliphatic carbocycles. The number of hydrogen-bond acceptors (Lipinski definition) is 8. The molecule has 4 rings (SSSR count). The van der Waals surface area contributed by atoms with Crippen LogP contribution < -0.4 is 15.0 Å². The maximum atomic E-state index is 12.8. The summed E-state index contributed by atoms with van der Waals surface area (Å²) >= 11 is 2.68. The quantitative estimate of drug-likeness (QED) is 0.375. The van der Waals surface area contributed by atoms with E-state index in [1.165, 1.54) is 29.2 Å². The van der Waals surface area contributed by atoms with E-state index in [-0.39, 0.29) is 17.6 Å². The van der Waals surface area contributed by atoms with E-state index in [1.807, 2.05) is 36.6 Å². The first-order chi connectivity index (χ1) is 15.9. The highest BCUT2D eigenvalue weighted by Gasteiger charge is 2.24. The van der Waals surface area contributed by atoms with Crippen molar-refractivity contribution in [2.75, 3.05) is 25.1 Å². The zero-order chi connectivity index (χ0) is 23.4. The fraction of sp³-hybridized carbons (Fsp3) is 0.304. The van der Waals surface area contributed by atoms with Crippen LogP contribution in [-0.2, 0) is 0 Å². The van der Waals surface area contributed by atoms with E-state index in [4.69, 9.17) is 4.74 Å². The Bertz CT molecular complexity index is 1140. The summed E-state index contributed by atoms with van der Waals surface area (Å²) in [5.41, 5.74) is 2.20. The predicted molar refractivity (Wildman–Crippen MR) is 130 cm³/mol. The molecule has 172 valence electrons. The van der Waals surface area contributed by atoms with E-state index in [0.29, 0.717) is 10.5 Å². The van der Waals surface area contributed by atoms with E-state index in [2.05, 4.69) is 15.2 Å². The third-order valence-corrected chi connectivity index (χ3v) is 7.60. The minimum absolute atomic E-state index is 0.0263. The SMILES string of the molecule is COc1ccc(N2CCC(NC(=O)c3ccc(Sc4nc(C)cs4)c([N+](=O)[O-])c3)CC2)cc1. The highest BCUT2D eigenvalue weighted by atomic mass is 32.2. The van der Waals surface area contributed by atoms with Crippen molar-refractivity contribution in [3.63, 3.8) is 0 Å². The topological polar surface area (TPSA) is 97.6 Å². The summed E-state index contributed by atoms with van der Waals surface area (Å²) in [7, 11) is 1.64. The Morgan fingerprint density at radius 3 is 2.58 bits per heavy atom. The van der Waals surface area contributed by atoms with Crippen LogP contribution in [-0.4, -0.2) is 42.1 Å². The summed E-state index contributed by atoms with van der Waals surface area (Å²) in [5, 5.41) is 16.6. The second-order valence-electron chi connectivity index (χ2n) is 7.73. The van der Waals surface area contributed by atoms with Crippen LogP contribution >= 0.6 is 23.1 Å². The number of ether oxygens (including phenoxy) is 1. The summed E-state index contributed by atoms with van der Waals surface area (Å²) in [6, 6.07) is 12.6. The van der Waals surface area contributed by atoms with E-state index in [1.54, 1.807) is 19.2 Å². The molecule has 0 unspecified atom stereocenters. The molecule has 10 heteroatoms. The van der Waals surface area contributed by atoms with Crippen molar-refractivity contribution in [1.29, 1.82) is 0 Å². The molecular formula is C23H24N4O4S2. The second kappa shape index (κ2) is 10.2. The Morgan fingerprint density at radius 2 is 1.97 bits per heavy atom. The lowest BCUT2D eigenvalue weighted by Gasteiger charge is -2.34. The number of carbonyl (C=O) groups is 1. The highest BCUT2D eigenvalue weighted by molar-refractivity contribution is 8.01. The molecule has 8 nitrogen and oxygen atoms in total. The number of aryl methyl sites for hydroxylation is 1. The number of thiazole rings is 1. The van der Waals surface area contributed by atoms with Gasteiger partial charge in [0, 0.05) is 47.5 Å². The van der Waals surface area contributed by atoms with Crippen molar-refractivity contribution in [1.82, 2.24) is 10.3 Å². The number of carbonyl (C=O) groups excluding carboxylic acids is 1. The number of benzene rings is 2. The number of nitrogens with one attached hydrogen (secondary N) is 1. The van der Waals surface area contributed by atoms with Gasteiger partial charge < -0.3 is 15.0 Å². The Balaban J connectivity index is 1.38. The zero-order valence-electron chi connectivity index (χ0n) is 18.3.